The number of hydrogen-bond acceptors (Lipinski definition) is 3. The lowest BCUT2D eigenvalue weighted by molar-refractivity contribution is -0.166. The van der Waals surface area contributed by atoms with E-state index in [0.717, 1.165) is 16.2 Å². The summed E-state index contributed by atoms with van der Waals surface area (Å²) in [4.78, 5) is 28.1. The minimum absolute atomic E-state index is 0.0440. The first-order chi connectivity index (χ1) is 12.8. The zero-order chi connectivity index (χ0) is 19.2. The predicted octanol–water partition coefficient (Wildman–Crippen LogP) is 2.26. The Labute approximate surface area is 155 Å². The molecule has 1 saturated heterocycles. The summed E-state index contributed by atoms with van der Waals surface area (Å²) >= 11 is 0. The number of likely N-dealkylation sites (tertiary alicyclic amines) is 1. The van der Waals surface area contributed by atoms with E-state index in [2.05, 4.69) is 5.10 Å². The van der Waals surface area contributed by atoms with Gasteiger partial charge in [0.25, 0.3) is 11.8 Å². The maximum absolute atomic E-state index is 13.0. The molecule has 0 bridgehead atoms. The average molecular weight is 374 g/mol. The number of nitrogens with zero attached hydrogens (tertiary/aromatic N) is 4. The van der Waals surface area contributed by atoms with Crippen LogP contribution in [0.2, 0.25) is 0 Å². The summed E-state index contributed by atoms with van der Waals surface area (Å²) in [6.45, 7) is 1.58. The number of aryl methyl sites for hydroxylation is 1. The summed E-state index contributed by atoms with van der Waals surface area (Å²) in [5.74, 6) is -3.23. The summed E-state index contributed by atoms with van der Waals surface area (Å²) in [5.41, 5.74) is 2.41. The second-order valence-corrected chi connectivity index (χ2v) is 7.29. The number of aromatic nitrogens is 2. The molecule has 0 radical (unpaired) electrons. The summed E-state index contributed by atoms with van der Waals surface area (Å²) < 4.78 is 27.8. The lowest BCUT2D eigenvalue weighted by Gasteiger charge is -2.40. The van der Waals surface area contributed by atoms with Crippen LogP contribution in [0.5, 0.6) is 0 Å². The van der Waals surface area contributed by atoms with Crippen LogP contribution in [0.3, 0.4) is 0 Å². The molecule has 2 aliphatic heterocycles. The van der Waals surface area contributed by atoms with E-state index in [1.165, 1.54) is 0 Å². The first-order valence-electron chi connectivity index (χ1n) is 8.86. The highest BCUT2D eigenvalue weighted by Crippen LogP contribution is 2.30. The molecule has 1 unspecified atom stereocenters. The molecular formula is C19H20F2N4O2. The number of fused-ring (bicyclic) bond motifs is 1. The molecule has 1 fully saturated rings. The highest BCUT2D eigenvalue weighted by atomic mass is 19.3. The van der Waals surface area contributed by atoms with Crippen molar-refractivity contribution in [1.29, 1.82) is 0 Å². The largest absolute Gasteiger partial charge is 0.331 e. The van der Waals surface area contributed by atoms with Crippen molar-refractivity contribution in [3.8, 4) is 0 Å². The standard InChI is InChI=1S/C19H20F2N4O2/c1-13-3-2-4-14(7-13)18(27)23-9-15-5-6-22-25(15)16(10-23)8-17(26)24-11-19(20,21)12-24/h2-7,16H,8-12H2,1H3. The molecule has 2 amide bonds. The number of alkyl halides is 2. The molecule has 0 N–H and O–H groups in total. The van der Waals surface area contributed by atoms with Crippen LogP contribution in [0.25, 0.3) is 0 Å². The van der Waals surface area contributed by atoms with Gasteiger partial charge in [0, 0.05) is 18.3 Å². The summed E-state index contributed by atoms with van der Waals surface area (Å²) in [5, 5.41) is 4.26. The van der Waals surface area contributed by atoms with E-state index in [1.807, 2.05) is 31.2 Å². The van der Waals surface area contributed by atoms with E-state index >= 15 is 0 Å². The second kappa shape index (κ2) is 6.44. The first-order valence-corrected chi connectivity index (χ1v) is 8.86. The molecule has 4 rings (SSSR count). The maximum Gasteiger partial charge on any atom is 0.282 e. The third kappa shape index (κ3) is 3.43. The molecule has 2 aromatic rings. The van der Waals surface area contributed by atoms with Crippen LogP contribution in [0.15, 0.2) is 36.5 Å². The van der Waals surface area contributed by atoms with Gasteiger partial charge in [0.05, 0.1) is 37.8 Å². The Balaban J connectivity index is 1.51. The molecule has 0 aliphatic carbocycles. The number of benzene rings is 1. The molecule has 2 aliphatic rings. The number of carbonyl (C=O) groups is 2. The van der Waals surface area contributed by atoms with Crippen LogP contribution in [-0.4, -0.2) is 57.0 Å². The Kier molecular flexibility index (Phi) is 4.20. The van der Waals surface area contributed by atoms with Gasteiger partial charge in [-0.15, -0.1) is 0 Å². The fourth-order valence-corrected chi connectivity index (χ4v) is 3.67. The van der Waals surface area contributed by atoms with Crippen molar-refractivity contribution in [2.24, 2.45) is 0 Å². The van der Waals surface area contributed by atoms with Gasteiger partial charge in [-0.3, -0.25) is 14.3 Å². The zero-order valence-corrected chi connectivity index (χ0v) is 14.9. The Morgan fingerprint density at radius 3 is 2.70 bits per heavy atom. The van der Waals surface area contributed by atoms with Crippen molar-refractivity contribution in [2.75, 3.05) is 19.6 Å². The summed E-state index contributed by atoms with van der Waals surface area (Å²) in [6.07, 6.45) is 1.67. The first kappa shape index (κ1) is 17.6. The van der Waals surface area contributed by atoms with Crippen LogP contribution < -0.4 is 0 Å². The maximum atomic E-state index is 13.0. The lowest BCUT2D eigenvalue weighted by atomic mass is 10.0. The van der Waals surface area contributed by atoms with Crippen molar-refractivity contribution in [3.05, 3.63) is 53.3 Å². The quantitative estimate of drug-likeness (QED) is 0.828. The smallest absolute Gasteiger partial charge is 0.282 e. The van der Waals surface area contributed by atoms with Gasteiger partial charge >= 0.3 is 0 Å². The third-order valence-electron chi connectivity index (χ3n) is 5.04. The molecule has 8 heteroatoms. The number of hydrogen-bond donors (Lipinski definition) is 0. The Hall–Kier alpha value is -2.77. The highest BCUT2D eigenvalue weighted by Gasteiger charge is 2.46. The summed E-state index contributed by atoms with van der Waals surface area (Å²) in [6, 6.07) is 8.80. The molecule has 6 nitrogen and oxygen atoms in total. The van der Waals surface area contributed by atoms with Crippen molar-refractivity contribution < 1.29 is 18.4 Å². The highest BCUT2D eigenvalue weighted by molar-refractivity contribution is 5.94. The Bertz CT molecular complexity index is 887. The second-order valence-electron chi connectivity index (χ2n) is 7.29. The molecule has 0 saturated carbocycles. The van der Waals surface area contributed by atoms with Crippen molar-refractivity contribution in [1.82, 2.24) is 19.6 Å². The monoisotopic (exact) mass is 374 g/mol. The van der Waals surface area contributed by atoms with Gasteiger partial charge in [0.15, 0.2) is 0 Å². The molecule has 1 aromatic carbocycles. The zero-order valence-electron chi connectivity index (χ0n) is 14.9. The van der Waals surface area contributed by atoms with Gasteiger partial charge < -0.3 is 9.80 Å². The number of carbonyl (C=O) groups excluding carboxylic acids is 2. The average Bonchev–Trinajstić information content (AvgIpc) is 3.07. The predicted molar refractivity (Wildman–Crippen MR) is 93.3 cm³/mol. The van der Waals surface area contributed by atoms with Crippen molar-refractivity contribution in [3.63, 3.8) is 0 Å². The number of rotatable bonds is 3. The van der Waals surface area contributed by atoms with E-state index in [9.17, 15) is 18.4 Å². The van der Waals surface area contributed by atoms with E-state index in [4.69, 9.17) is 0 Å². The van der Waals surface area contributed by atoms with Gasteiger partial charge in [-0.05, 0) is 25.1 Å². The number of amides is 2. The minimum atomic E-state index is -2.79. The fourth-order valence-electron chi connectivity index (χ4n) is 3.67. The molecule has 27 heavy (non-hydrogen) atoms. The van der Waals surface area contributed by atoms with Crippen LogP contribution in [-0.2, 0) is 11.3 Å². The molecule has 1 aromatic heterocycles. The fraction of sp³-hybridized carbons (Fsp3) is 0.421. The van der Waals surface area contributed by atoms with E-state index < -0.39 is 19.0 Å². The number of halogens is 2. The van der Waals surface area contributed by atoms with Gasteiger partial charge in [-0.2, -0.15) is 5.10 Å². The van der Waals surface area contributed by atoms with Crippen molar-refractivity contribution >= 4 is 11.8 Å². The van der Waals surface area contributed by atoms with Crippen LogP contribution in [0.4, 0.5) is 8.78 Å². The van der Waals surface area contributed by atoms with E-state index in [-0.39, 0.29) is 24.3 Å². The van der Waals surface area contributed by atoms with Gasteiger partial charge in [0.2, 0.25) is 5.91 Å². The van der Waals surface area contributed by atoms with Crippen molar-refractivity contribution in [2.45, 2.75) is 31.9 Å². The normalized spacial score (nSPS) is 20.8. The topological polar surface area (TPSA) is 58.4 Å². The lowest BCUT2D eigenvalue weighted by Crippen LogP contribution is -2.59. The van der Waals surface area contributed by atoms with Gasteiger partial charge in [-0.25, -0.2) is 8.78 Å². The van der Waals surface area contributed by atoms with E-state index in [0.29, 0.717) is 18.7 Å². The SMILES string of the molecule is Cc1cccc(C(=O)N2Cc3ccnn3C(CC(=O)N3CC(F)(F)C3)C2)c1. The van der Waals surface area contributed by atoms with Crippen LogP contribution >= 0.6 is 0 Å². The van der Waals surface area contributed by atoms with Gasteiger partial charge in [-0.1, -0.05) is 17.7 Å². The third-order valence-corrected chi connectivity index (χ3v) is 5.04. The Morgan fingerprint density at radius 1 is 1.22 bits per heavy atom. The van der Waals surface area contributed by atoms with Gasteiger partial charge in [0.1, 0.15) is 0 Å². The Morgan fingerprint density at radius 2 is 2.00 bits per heavy atom. The molecule has 0 spiro atoms. The van der Waals surface area contributed by atoms with Crippen LogP contribution in [0, 0.1) is 6.92 Å². The minimum Gasteiger partial charge on any atom is -0.331 e. The van der Waals surface area contributed by atoms with Crippen LogP contribution in [0.1, 0.15) is 34.1 Å². The molecule has 1 atom stereocenters. The van der Waals surface area contributed by atoms with E-state index in [1.54, 1.807) is 21.8 Å². The molecule has 3 heterocycles. The summed E-state index contributed by atoms with van der Waals surface area (Å²) in [7, 11) is 0. The molecular weight excluding hydrogens is 354 g/mol. The molecule has 142 valence electrons.